The molecule has 2 N–H and O–H groups in total. The highest BCUT2D eigenvalue weighted by atomic mass is 32.1. The van der Waals surface area contributed by atoms with Crippen molar-refractivity contribution in [2.24, 2.45) is 0 Å². The second kappa shape index (κ2) is 9.34. The van der Waals surface area contributed by atoms with E-state index in [1.165, 1.54) is 17.0 Å². The van der Waals surface area contributed by atoms with Crippen molar-refractivity contribution < 1.29 is 14.3 Å². The molecule has 130 valence electrons. The Morgan fingerprint density at radius 1 is 1.38 bits per heavy atom. The standard InChI is InChI=1S/C17H22FN3O2S/c1-2-15-12-24-16(20-15)7-8-19-17(23)21(9-10-22)11-13-3-5-14(18)6-4-13/h3-6,12,22H,2,7-11H2,1H3,(H,19,23). The maximum absolute atomic E-state index is 12.9. The number of urea groups is 1. The number of amides is 2. The van der Waals surface area contributed by atoms with Crippen molar-refractivity contribution in [3.63, 3.8) is 0 Å². The number of nitrogens with zero attached hydrogens (tertiary/aromatic N) is 2. The number of rotatable bonds is 8. The molecule has 0 fully saturated rings. The summed E-state index contributed by atoms with van der Waals surface area (Å²) in [5, 5.41) is 15.0. The fourth-order valence-corrected chi connectivity index (χ4v) is 3.08. The fourth-order valence-electron chi connectivity index (χ4n) is 2.20. The first kappa shape index (κ1) is 18.4. The maximum Gasteiger partial charge on any atom is 0.317 e. The Bertz CT molecular complexity index is 646. The maximum atomic E-state index is 12.9. The van der Waals surface area contributed by atoms with Crippen LogP contribution in [0, 0.1) is 5.82 Å². The van der Waals surface area contributed by atoms with Crippen molar-refractivity contribution in [1.82, 2.24) is 15.2 Å². The molecule has 0 aliphatic heterocycles. The molecule has 1 heterocycles. The normalized spacial score (nSPS) is 10.6. The molecule has 0 saturated carbocycles. The van der Waals surface area contributed by atoms with Crippen LogP contribution in [-0.2, 0) is 19.4 Å². The lowest BCUT2D eigenvalue weighted by Crippen LogP contribution is -2.41. The minimum atomic E-state index is -0.313. The summed E-state index contributed by atoms with van der Waals surface area (Å²) in [6.45, 7) is 2.97. The first-order chi connectivity index (χ1) is 11.6. The lowest BCUT2D eigenvalue weighted by Gasteiger charge is -2.22. The van der Waals surface area contributed by atoms with E-state index in [4.69, 9.17) is 5.11 Å². The van der Waals surface area contributed by atoms with Gasteiger partial charge in [-0.2, -0.15) is 0 Å². The predicted molar refractivity (Wildman–Crippen MR) is 92.5 cm³/mol. The monoisotopic (exact) mass is 351 g/mol. The highest BCUT2D eigenvalue weighted by Gasteiger charge is 2.13. The van der Waals surface area contributed by atoms with E-state index in [0.29, 0.717) is 19.5 Å². The Labute approximate surface area is 145 Å². The first-order valence-corrected chi connectivity index (χ1v) is 8.81. The molecule has 2 aromatic rings. The van der Waals surface area contributed by atoms with Crippen LogP contribution in [0.3, 0.4) is 0 Å². The number of thiazole rings is 1. The molecule has 2 rings (SSSR count). The number of hydrogen-bond acceptors (Lipinski definition) is 4. The van der Waals surface area contributed by atoms with Crippen molar-refractivity contribution >= 4 is 17.4 Å². The van der Waals surface area contributed by atoms with Gasteiger partial charge in [0, 0.05) is 31.4 Å². The van der Waals surface area contributed by atoms with Gasteiger partial charge in [-0.05, 0) is 24.1 Å². The Balaban J connectivity index is 1.85. The number of carbonyl (C=O) groups is 1. The summed E-state index contributed by atoms with van der Waals surface area (Å²) in [5.74, 6) is -0.313. The van der Waals surface area contributed by atoms with Crippen molar-refractivity contribution in [2.45, 2.75) is 26.3 Å². The van der Waals surface area contributed by atoms with Crippen LogP contribution in [0.5, 0.6) is 0 Å². The minimum Gasteiger partial charge on any atom is -0.395 e. The largest absolute Gasteiger partial charge is 0.395 e. The molecule has 7 heteroatoms. The van der Waals surface area contributed by atoms with Crippen LogP contribution >= 0.6 is 11.3 Å². The Hall–Kier alpha value is -1.99. The SMILES string of the molecule is CCc1csc(CCNC(=O)N(CCO)Cc2ccc(F)cc2)n1. The van der Waals surface area contributed by atoms with Crippen LogP contribution in [0.15, 0.2) is 29.6 Å². The third-order valence-corrected chi connectivity index (χ3v) is 4.48. The van der Waals surface area contributed by atoms with Crippen LogP contribution in [0.4, 0.5) is 9.18 Å². The summed E-state index contributed by atoms with van der Waals surface area (Å²) in [4.78, 5) is 18.2. The Morgan fingerprint density at radius 2 is 2.12 bits per heavy atom. The van der Waals surface area contributed by atoms with Gasteiger partial charge < -0.3 is 15.3 Å². The third kappa shape index (κ3) is 5.58. The van der Waals surface area contributed by atoms with E-state index in [0.717, 1.165) is 22.7 Å². The highest BCUT2D eigenvalue weighted by Crippen LogP contribution is 2.10. The molecular formula is C17H22FN3O2S. The number of aromatic nitrogens is 1. The minimum absolute atomic E-state index is 0.124. The number of halogens is 1. The molecule has 0 spiro atoms. The van der Waals surface area contributed by atoms with E-state index < -0.39 is 0 Å². The second-order valence-electron chi connectivity index (χ2n) is 5.34. The van der Waals surface area contributed by atoms with Crippen molar-refractivity contribution in [1.29, 1.82) is 0 Å². The predicted octanol–water partition coefficient (Wildman–Crippen LogP) is 2.59. The molecule has 2 amide bonds. The van der Waals surface area contributed by atoms with Gasteiger partial charge in [0.25, 0.3) is 0 Å². The van der Waals surface area contributed by atoms with Gasteiger partial charge in [-0.15, -0.1) is 11.3 Å². The molecular weight excluding hydrogens is 329 g/mol. The van der Waals surface area contributed by atoms with E-state index in [9.17, 15) is 9.18 Å². The van der Waals surface area contributed by atoms with E-state index in [2.05, 4.69) is 17.2 Å². The Kier molecular flexibility index (Phi) is 7.14. The van der Waals surface area contributed by atoms with Gasteiger partial charge in [-0.3, -0.25) is 0 Å². The summed E-state index contributed by atoms with van der Waals surface area (Å²) >= 11 is 1.60. The van der Waals surface area contributed by atoms with E-state index in [1.807, 2.05) is 5.38 Å². The fraction of sp³-hybridized carbons (Fsp3) is 0.412. The van der Waals surface area contributed by atoms with Gasteiger partial charge in [0.1, 0.15) is 5.82 Å². The molecule has 0 aliphatic rings. The molecule has 0 saturated heterocycles. The summed E-state index contributed by atoms with van der Waals surface area (Å²) in [6.07, 6.45) is 1.59. The molecule has 24 heavy (non-hydrogen) atoms. The van der Waals surface area contributed by atoms with Crippen LogP contribution in [0.25, 0.3) is 0 Å². The Morgan fingerprint density at radius 3 is 2.75 bits per heavy atom. The lowest BCUT2D eigenvalue weighted by atomic mass is 10.2. The van der Waals surface area contributed by atoms with Crippen molar-refractivity contribution in [3.8, 4) is 0 Å². The molecule has 5 nitrogen and oxygen atoms in total. The molecule has 0 radical (unpaired) electrons. The summed E-state index contributed by atoms with van der Waals surface area (Å²) in [7, 11) is 0. The van der Waals surface area contributed by atoms with Gasteiger partial charge in [0.15, 0.2) is 0 Å². The van der Waals surface area contributed by atoms with E-state index >= 15 is 0 Å². The molecule has 1 aromatic heterocycles. The zero-order valence-electron chi connectivity index (χ0n) is 13.7. The number of aliphatic hydroxyl groups is 1. The van der Waals surface area contributed by atoms with Gasteiger partial charge in [0.05, 0.1) is 17.3 Å². The van der Waals surface area contributed by atoms with Crippen molar-refractivity contribution in [2.75, 3.05) is 19.7 Å². The number of carbonyl (C=O) groups excluding carboxylic acids is 1. The average Bonchev–Trinajstić information content (AvgIpc) is 3.04. The summed E-state index contributed by atoms with van der Waals surface area (Å²) in [6, 6.07) is 5.74. The van der Waals surface area contributed by atoms with Gasteiger partial charge >= 0.3 is 6.03 Å². The number of aliphatic hydroxyl groups excluding tert-OH is 1. The third-order valence-electron chi connectivity index (χ3n) is 3.52. The van der Waals surface area contributed by atoms with E-state index in [1.54, 1.807) is 23.5 Å². The number of nitrogens with one attached hydrogen (secondary N) is 1. The zero-order valence-corrected chi connectivity index (χ0v) is 14.5. The summed E-state index contributed by atoms with van der Waals surface area (Å²) < 4.78 is 12.9. The first-order valence-electron chi connectivity index (χ1n) is 7.93. The van der Waals surface area contributed by atoms with Gasteiger partial charge in [0.2, 0.25) is 0 Å². The quantitative estimate of drug-likeness (QED) is 0.768. The number of benzene rings is 1. The lowest BCUT2D eigenvalue weighted by molar-refractivity contribution is 0.174. The molecule has 1 aromatic carbocycles. The van der Waals surface area contributed by atoms with Crippen LogP contribution in [-0.4, -0.2) is 40.7 Å². The number of hydrogen-bond donors (Lipinski definition) is 2. The molecule has 0 aliphatic carbocycles. The molecule has 0 unspecified atom stereocenters. The highest BCUT2D eigenvalue weighted by molar-refractivity contribution is 7.09. The van der Waals surface area contributed by atoms with E-state index in [-0.39, 0.29) is 25.0 Å². The zero-order chi connectivity index (χ0) is 17.4. The van der Waals surface area contributed by atoms with Crippen molar-refractivity contribution in [3.05, 3.63) is 51.7 Å². The number of aryl methyl sites for hydroxylation is 1. The average molecular weight is 351 g/mol. The smallest absolute Gasteiger partial charge is 0.317 e. The molecule has 0 bridgehead atoms. The van der Waals surface area contributed by atoms with Crippen LogP contribution < -0.4 is 5.32 Å². The molecule has 0 atom stereocenters. The van der Waals surface area contributed by atoms with Crippen LogP contribution in [0.1, 0.15) is 23.2 Å². The van der Waals surface area contributed by atoms with Gasteiger partial charge in [-0.25, -0.2) is 14.2 Å². The summed E-state index contributed by atoms with van der Waals surface area (Å²) in [5.41, 5.74) is 1.88. The second-order valence-corrected chi connectivity index (χ2v) is 6.28. The van der Waals surface area contributed by atoms with Gasteiger partial charge in [-0.1, -0.05) is 19.1 Å². The van der Waals surface area contributed by atoms with Crippen LogP contribution in [0.2, 0.25) is 0 Å². The topological polar surface area (TPSA) is 65.5 Å².